The third-order valence-electron chi connectivity index (χ3n) is 3.22. The Kier molecular flexibility index (Phi) is 6.80. The van der Waals surface area contributed by atoms with Gasteiger partial charge in [-0.15, -0.1) is 0 Å². The summed E-state index contributed by atoms with van der Waals surface area (Å²) in [6.07, 6.45) is 2.46. The Bertz CT molecular complexity index is 307. The first-order valence-corrected chi connectivity index (χ1v) is 6.85. The van der Waals surface area contributed by atoms with Crippen molar-refractivity contribution in [1.29, 1.82) is 0 Å². The molecule has 0 radical (unpaired) electrons. The maximum Gasteiger partial charge on any atom is 0.306 e. The lowest BCUT2D eigenvalue weighted by Gasteiger charge is -2.34. The number of rotatable bonds is 6. The van der Waals surface area contributed by atoms with Crippen molar-refractivity contribution in [1.82, 2.24) is 5.06 Å². The summed E-state index contributed by atoms with van der Waals surface area (Å²) in [6, 6.07) is -0.153. The molecule has 0 aromatic rings. The van der Waals surface area contributed by atoms with Crippen molar-refractivity contribution >= 4 is 11.9 Å². The normalized spacial score (nSPS) is 21.7. The summed E-state index contributed by atoms with van der Waals surface area (Å²) in [5.41, 5.74) is 0. The Morgan fingerprint density at radius 2 is 2.00 bits per heavy atom. The highest BCUT2D eigenvalue weighted by Crippen LogP contribution is 2.19. The molecule has 0 amide bonds. The number of hydroxylamine groups is 2. The van der Waals surface area contributed by atoms with Gasteiger partial charge >= 0.3 is 11.9 Å². The van der Waals surface area contributed by atoms with Crippen LogP contribution in [-0.4, -0.2) is 47.5 Å². The van der Waals surface area contributed by atoms with Gasteiger partial charge in [0.2, 0.25) is 0 Å². The minimum Gasteiger partial charge on any atom is -0.466 e. The zero-order chi connectivity index (χ0) is 14.3. The first kappa shape index (κ1) is 15.9. The van der Waals surface area contributed by atoms with Crippen LogP contribution in [0.1, 0.15) is 46.0 Å². The number of carbonyl (C=O) groups is 2. The van der Waals surface area contributed by atoms with E-state index < -0.39 is 11.9 Å². The first-order chi connectivity index (χ1) is 9.04. The van der Waals surface area contributed by atoms with Crippen molar-refractivity contribution in [3.8, 4) is 0 Å². The molecule has 2 atom stereocenters. The van der Waals surface area contributed by atoms with E-state index in [0.29, 0.717) is 13.2 Å². The Balaban J connectivity index is 2.28. The molecule has 2 unspecified atom stereocenters. The number of hydrogen-bond acceptors (Lipinski definition) is 6. The average Bonchev–Trinajstić information content (AvgIpc) is 2.37. The van der Waals surface area contributed by atoms with Crippen LogP contribution < -0.4 is 0 Å². The van der Waals surface area contributed by atoms with Gasteiger partial charge in [0.15, 0.2) is 0 Å². The molecule has 0 aliphatic carbocycles. The molecule has 19 heavy (non-hydrogen) atoms. The van der Waals surface area contributed by atoms with Crippen LogP contribution >= 0.6 is 0 Å². The van der Waals surface area contributed by atoms with E-state index in [1.165, 1.54) is 5.06 Å². The molecule has 1 rings (SSSR count). The molecular weight excluding hydrogens is 250 g/mol. The second kappa shape index (κ2) is 8.12. The van der Waals surface area contributed by atoms with Gasteiger partial charge < -0.3 is 14.7 Å². The molecule has 110 valence electrons. The Morgan fingerprint density at radius 1 is 1.32 bits per heavy atom. The van der Waals surface area contributed by atoms with Crippen molar-refractivity contribution in [3.63, 3.8) is 0 Å². The molecule has 1 aliphatic heterocycles. The standard InChI is InChI=1S/C13H23NO5/c1-3-18-12(15)7-8-13(16)19-10(2)11-6-4-5-9-14(11)17/h10-11,17H,3-9H2,1-2H3. The first-order valence-electron chi connectivity index (χ1n) is 6.85. The molecule has 1 saturated heterocycles. The fourth-order valence-electron chi connectivity index (χ4n) is 2.20. The fourth-order valence-corrected chi connectivity index (χ4v) is 2.20. The smallest absolute Gasteiger partial charge is 0.306 e. The van der Waals surface area contributed by atoms with E-state index in [1.807, 2.05) is 0 Å². The summed E-state index contributed by atoms with van der Waals surface area (Å²) in [7, 11) is 0. The van der Waals surface area contributed by atoms with E-state index in [0.717, 1.165) is 19.3 Å². The van der Waals surface area contributed by atoms with Crippen LogP contribution in [0.25, 0.3) is 0 Å². The SMILES string of the molecule is CCOC(=O)CCC(=O)OC(C)C1CCCCN1O. The van der Waals surface area contributed by atoms with Gasteiger partial charge in [0.05, 0.1) is 25.5 Å². The Morgan fingerprint density at radius 3 is 2.63 bits per heavy atom. The minimum absolute atomic E-state index is 0.0152. The maximum absolute atomic E-state index is 11.6. The van der Waals surface area contributed by atoms with Gasteiger partial charge in [-0.1, -0.05) is 6.42 Å². The summed E-state index contributed by atoms with van der Waals surface area (Å²) in [6.45, 7) is 4.40. The summed E-state index contributed by atoms with van der Waals surface area (Å²) in [5.74, 6) is -0.826. The van der Waals surface area contributed by atoms with Crippen LogP contribution in [0.4, 0.5) is 0 Å². The molecule has 1 fully saturated rings. The van der Waals surface area contributed by atoms with Crippen molar-refractivity contribution < 1.29 is 24.3 Å². The number of ether oxygens (including phenoxy) is 2. The number of carbonyl (C=O) groups excluding carboxylic acids is 2. The average molecular weight is 273 g/mol. The van der Waals surface area contributed by atoms with Crippen LogP contribution in [-0.2, 0) is 19.1 Å². The van der Waals surface area contributed by atoms with Crippen molar-refractivity contribution in [2.24, 2.45) is 0 Å². The number of nitrogens with zero attached hydrogens (tertiary/aromatic N) is 1. The minimum atomic E-state index is -0.431. The van der Waals surface area contributed by atoms with Gasteiger partial charge in [0.1, 0.15) is 6.10 Å². The van der Waals surface area contributed by atoms with Crippen molar-refractivity contribution in [2.45, 2.75) is 58.1 Å². The van der Waals surface area contributed by atoms with Gasteiger partial charge in [-0.05, 0) is 26.7 Å². The highest BCUT2D eigenvalue weighted by Gasteiger charge is 2.28. The summed E-state index contributed by atoms with van der Waals surface area (Å²) in [5, 5.41) is 11.0. The Hall–Kier alpha value is -1.14. The summed E-state index contributed by atoms with van der Waals surface area (Å²) < 4.78 is 9.98. The van der Waals surface area contributed by atoms with Crippen molar-refractivity contribution in [3.05, 3.63) is 0 Å². The van der Waals surface area contributed by atoms with E-state index >= 15 is 0 Å². The largest absolute Gasteiger partial charge is 0.466 e. The van der Waals surface area contributed by atoms with E-state index in [-0.39, 0.29) is 25.0 Å². The van der Waals surface area contributed by atoms with Gasteiger partial charge in [-0.25, -0.2) is 0 Å². The lowest BCUT2D eigenvalue weighted by Crippen LogP contribution is -2.45. The van der Waals surface area contributed by atoms with E-state index in [4.69, 9.17) is 9.47 Å². The highest BCUT2D eigenvalue weighted by molar-refractivity contribution is 5.77. The monoisotopic (exact) mass is 273 g/mol. The fraction of sp³-hybridized carbons (Fsp3) is 0.846. The van der Waals surface area contributed by atoms with Crippen molar-refractivity contribution in [2.75, 3.05) is 13.2 Å². The zero-order valence-corrected chi connectivity index (χ0v) is 11.6. The van der Waals surface area contributed by atoms with E-state index in [2.05, 4.69) is 0 Å². The van der Waals surface area contributed by atoms with Crippen LogP contribution in [0.3, 0.4) is 0 Å². The summed E-state index contributed by atoms with van der Waals surface area (Å²) >= 11 is 0. The number of piperidine rings is 1. The highest BCUT2D eigenvalue weighted by atomic mass is 16.6. The lowest BCUT2D eigenvalue weighted by atomic mass is 10.0. The zero-order valence-electron chi connectivity index (χ0n) is 11.6. The summed E-state index contributed by atoms with van der Waals surface area (Å²) in [4.78, 5) is 22.7. The number of esters is 2. The third kappa shape index (κ3) is 5.57. The van der Waals surface area contributed by atoms with Crippen LogP contribution in [0.2, 0.25) is 0 Å². The van der Waals surface area contributed by atoms with Gasteiger partial charge in [0.25, 0.3) is 0 Å². The topological polar surface area (TPSA) is 76.1 Å². The van der Waals surface area contributed by atoms with Crippen LogP contribution in [0, 0.1) is 0 Å². The molecule has 0 bridgehead atoms. The second-order valence-corrected chi connectivity index (χ2v) is 4.73. The predicted molar refractivity (Wildman–Crippen MR) is 67.6 cm³/mol. The molecule has 0 saturated carbocycles. The molecular formula is C13H23NO5. The van der Waals surface area contributed by atoms with Gasteiger partial charge in [0, 0.05) is 6.54 Å². The second-order valence-electron chi connectivity index (χ2n) is 4.73. The molecule has 1 heterocycles. The van der Waals surface area contributed by atoms with E-state index in [1.54, 1.807) is 13.8 Å². The Labute approximate surface area is 113 Å². The molecule has 6 heteroatoms. The predicted octanol–water partition coefficient (Wildman–Crippen LogP) is 1.51. The van der Waals surface area contributed by atoms with Crippen LogP contribution in [0.15, 0.2) is 0 Å². The van der Waals surface area contributed by atoms with Crippen LogP contribution in [0.5, 0.6) is 0 Å². The lowest BCUT2D eigenvalue weighted by molar-refractivity contribution is -0.184. The maximum atomic E-state index is 11.6. The quantitative estimate of drug-likeness (QED) is 0.739. The molecule has 0 aromatic heterocycles. The number of hydrogen-bond donors (Lipinski definition) is 1. The van der Waals surface area contributed by atoms with Gasteiger partial charge in [-0.2, -0.15) is 5.06 Å². The third-order valence-corrected chi connectivity index (χ3v) is 3.22. The molecule has 0 spiro atoms. The molecule has 6 nitrogen and oxygen atoms in total. The molecule has 0 aromatic carbocycles. The molecule has 1 N–H and O–H groups in total. The molecule has 1 aliphatic rings. The van der Waals surface area contributed by atoms with Gasteiger partial charge in [-0.3, -0.25) is 9.59 Å². The van der Waals surface area contributed by atoms with E-state index in [9.17, 15) is 14.8 Å².